The molecule has 0 aromatic carbocycles. The van der Waals surface area contributed by atoms with Gasteiger partial charge in [0.15, 0.2) is 0 Å². The zero-order valence-electron chi connectivity index (χ0n) is 9.75. The average molecular weight is 211 g/mol. The molecule has 0 spiro atoms. The van der Waals surface area contributed by atoms with E-state index < -0.39 is 0 Å². The van der Waals surface area contributed by atoms with Crippen LogP contribution in [-0.4, -0.2) is 43.2 Å². The summed E-state index contributed by atoms with van der Waals surface area (Å²) in [6.45, 7) is 4.65. The van der Waals surface area contributed by atoms with Gasteiger partial charge in [-0.15, -0.1) is 0 Å². The van der Waals surface area contributed by atoms with E-state index in [0.717, 1.165) is 31.6 Å². The van der Waals surface area contributed by atoms with Gasteiger partial charge in [0.25, 0.3) is 0 Å². The predicted molar refractivity (Wildman–Crippen MR) is 63.9 cm³/mol. The van der Waals surface area contributed by atoms with Crippen LogP contribution in [0.15, 0.2) is 0 Å². The van der Waals surface area contributed by atoms with Gasteiger partial charge in [-0.25, -0.2) is 0 Å². The molecule has 3 heteroatoms. The van der Waals surface area contributed by atoms with E-state index in [1.807, 2.05) is 0 Å². The lowest BCUT2D eigenvalue weighted by atomic mass is 9.99. The zero-order chi connectivity index (χ0) is 10.5. The molecule has 2 saturated heterocycles. The number of hydrogen-bond acceptors (Lipinski definition) is 3. The van der Waals surface area contributed by atoms with Crippen molar-refractivity contribution in [3.63, 3.8) is 0 Å². The molecule has 2 aliphatic heterocycles. The van der Waals surface area contributed by atoms with Crippen molar-refractivity contribution in [2.24, 2.45) is 5.73 Å². The standard InChI is InChI=1S/C12H25N3/c13-7-2-3-8-14-11-6-10-15-9-4-1-5-12(11)15/h11-12,14H,1-10,13H2. The Kier molecular flexibility index (Phi) is 4.42. The third kappa shape index (κ3) is 2.92. The Morgan fingerprint density at radius 2 is 2.07 bits per heavy atom. The molecule has 0 radical (unpaired) electrons. The molecule has 15 heavy (non-hydrogen) atoms. The minimum atomic E-state index is 0.767. The van der Waals surface area contributed by atoms with E-state index >= 15 is 0 Å². The Morgan fingerprint density at radius 3 is 2.93 bits per heavy atom. The van der Waals surface area contributed by atoms with Gasteiger partial charge in [0.05, 0.1) is 0 Å². The van der Waals surface area contributed by atoms with Crippen molar-refractivity contribution in [1.82, 2.24) is 10.2 Å². The minimum Gasteiger partial charge on any atom is -0.330 e. The molecular formula is C12H25N3. The lowest BCUT2D eigenvalue weighted by molar-refractivity contribution is 0.180. The normalized spacial score (nSPS) is 31.8. The van der Waals surface area contributed by atoms with E-state index in [1.54, 1.807) is 0 Å². The predicted octanol–water partition coefficient (Wildman–Crippen LogP) is 0.942. The van der Waals surface area contributed by atoms with E-state index in [2.05, 4.69) is 10.2 Å². The molecule has 2 unspecified atom stereocenters. The summed E-state index contributed by atoms with van der Waals surface area (Å²) in [5.41, 5.74) is 5.49. The average Bonchev–Trinajstić information content (AvgIpc) is 2.68. The second-order valence-electron chi connectivity index (χ2n) is 4.94. The first-order valence-corrected chi connectivity index (χ1v) is 6.59. The van der Waals surface area contributed by atoms with Crippen LogP contribution in [0.4, 0.5) is 0 Å². The molecule has 2 aliphatic rings. The first-order valence-electron chi connectivity index (χ1n) is 6.59. The van der Waals surface area contributed by atoms with Crippen LogP contribution in [-0.2, 0) is 0 Å². The van der Waals surface area contributed by atoms with E-state index in [1.165, 1.54) is 45.2 Å². The van der Waals surface area contributed by atoms with Crippen molar-refractivity contribution >= 4 is 0 Å². The number of nitrogens with two attached hydrogens (primary N) is 1. The van der Waals surface area contributed by atoms with Crippen LogP contribution >= 0.6 is 0 Å². The van der Waals surface area contributed by atoms with Crippen LogP contribution in [0.5, 0.6) is 0 Å². The summed E-state index contributed by atoms with van der Waals surface area (Å²) in [5.74, 6) is 0. The van der Waals surface area contributed by atoms with Gasteiger partial charge in [-0.3, -0.25) is 4.90 Å². The summed E-state index contributed by atoms with van der Waals surface area (Å²) in [4.78, 5) is 2.68. The highest BCUT2D eigenvalue weighted by molar-refractivity contribution is 4.93. The van der Waals surface area contributed by atoms with Crippen LogP contribution < -0.4 is 11.1 Å². The molecular weight excluding hydrogens is 186 g/mol. The van der Waals surface area contributed by atoms with Crippen LogP contribution in [0, 0.1) is 0 Å². The Morgan fingerprint density at radius 1 is 1.13 bits per heavy atom. The van der Waals surface area contributed by atoms with Crippen LogP contribution in [0.25, 0.3) is 0 Å². The second kappa shape index (κ2) is 5.83. The van der Waals surface area contributed by atoms with E-state index in [-0.39, 0.29) is 0 Å². The van der Waals surface area contributed by atoms with Crippen LogP contribution in [0.1, 0.15) is 38.5 Å². The van der Waals surface area contributed by atoms with Gasteiger partial charge in [0.2, 0.25) is 0 Å². The van der Waals surface area contributed by atoms with Gasteiger partial charge in [0.1, 0.15) is 0 Å². The molecule has 0 bridgehead atoms. The minimum absolute atomic E-state index is 0.767. The van der Waals surface area contributed by atoms with E-state index in [0.29, 0.717) is 0 Å². The molecule has 2 fully saturated rings. The number of unbranched alkanes of at least 4 members (excludes halogenated alkanes) is 1. The molecule has 88 valence electrons. The summed E-state index contributed by atoms with van der Waals surface area (Å²) >= 11 is 0. The van der Waals surface area contributed by atoms with Crippen molar-refractivity contribution in [3.05, 3.63) is 0 Å². The lowest BCUT2D eigenvalue weighted by Gasteiger charge is -2.32. The van der Waals surface area contributed by atoms with Crippen molar-refractivity contribution in [2.45, 2.75) is 50.6 Å². The van der Waals surface area contributed by atoms with Crippen molar-refractivity contribution in [1.29, 1.82) is 0 Å². The summed E-state index contributed by atoms with van der Waals surface area (Å²) in [6, 6.07) is 1.61. The molecule has 2 heterocycles. The number of rotatable bonds is 5. The maximum atomic E-state index is 5.49. The Labute approximate surface area is 93.4 Å². The highest BCUT2D eigenvalue weighted by Crippen LogP contribution is 2.26. The fourth-order valence-corrected chi connectivity index (χ4v) is 3.04. The molecule has 3 nitrogen and oxygen atoms in total. The molecule has 3 N–H and O–H groups in total. The maximum absolute atomic E-state index is 5.49. The molecule has 2 atom stereocenters. The fraction of sp³-hybridized carbons (Fsp3) is 1.00. The van der Waals surface area contributed by atoms with Gasteiger partial charge in [-0.2, -0.15) is 0 Å². The molecule has 2 rings (SSSR count). The molecule has 0 aromatic heterocycles. The van der Waals surface area contributed by atoms with Crippen LogP contribution in [0.3, 0.4) is 0 Å². The lowest BCUT2D eigenvalue weighted by Crippen LogP contribution is -2.45. The number of nitrogens with one attached hydrogen (secondary N) is 1. The highest BCUT2D eigenvalue weighted by atomic mass is 15.2. The van der Waals surface area contributed by atoms with Gasteiger partial charge in [-0.05, 0) is 51.7 Å². The zero-order valence-corrected chi connectivity index (χ0v) is 9.75. The number of fused-ring (bicyclic) bond motifs is 1. The largest absolute Gasteiger partial charge is 0.330 e. The van der Waals surface area contributed by atoms with Gasteiger partial charge in [-0.1, -0.05) is 6.42 Å². The quantitative estimate of drug-likeness (QED) is 0.665. The van der Waals surface area contributed by atoms with Crippen LogP contribution in [0.2, 0.25) is 0 Å². The fourth-order valence-electron chi connectivity index (χ4n) is 3.04. The van der Waals surface area contributed by atoms with Gasteiger partial charge >= 0.3 is 0 Å². The maximum Gasteiger partial charge on any atom is 0.0249 e. The Bertz CT molecular complexity index is 184. The molecule has 0 aliphatic carbocycles. The Hall–Kier alpha value is -0.120. The summed E-state index contributed by atoms with van der Waals surface area (Å²) in [6.07, 6.45) is 8.01. The topological polar surface area (TPSA) is 41.3 Å². The summed E-state index contributed by atoms with van der Waals surface area (Å²) in [7, 11) is 0. The van der Waals surface area contributed by atoms with Crippen molar-refractivity contribution in [2.75, 3.05) is 26.2 Å². The molecule has 0 aromatic rings. The summed E-state index contributed by atoms with van der Waals surface area (Å²) in [5, 5.41) is 3.72. The smallest absolute Gasteiger partial charge is 0.0249 e. The SMILES string of the molecule is NCCCCNC1CCN2CCCCC12. The van der Waals surface area contributed by atoms with Gasteiger partial charge in [0, 0.05) is 18.6 Å². The third-order valence-corrected chi connectivity index (χ3v) is 3.89. The summed E-state index contributed by atoms with van der Waals surface area (Å²) < 4.78 is 0. The first-order chi connectivity index (χ1) is 7.42. The first kappa shape index (κ1) is 11.4. The van der Waals surface area contributed by atoms with Gasteiger partial charge < -0.3 is 11.1 Å². The monoisotopic (exact) mass is 211 g/mol. The molecule has 0 amide bonds. The molecule has 0 saturated carbocycles. The van der Waals surface area contributed by atoms with E-state index in [4.69, 9.17) is 5.73 Å². The van der Waals surface area contributed by atoms with Crippen molar-refractivity contribution in [3.8, 4) is 0 Å². The van der Waals surface area contributed by atoms with Crippen molar-refractivity contribution < 1.29 is 0 Å². The number of hydrogen-bond donors (Lipinski definition) is 2. The third-order valence-electron chi connectivity index (χ3n) is 3.89. The number of nitrogens with zero attached hydrogens (tertiary/aromatic N) is 1. The Balaban J connectivity index is 1.69. The number of piperidine rings is 1. The highest BCUT2D eigenvalue weighted by Gasteiger charge is 2.34. The van der Waals surface area contributed by atoms with E-state index in [9.17, 15) is 0 Å². The second-order valence-corrected chi connectivity index (χ2v) is 4.94.